The Morgan fingerprint density at radius 2 is 1.82 bits per heavy atom. The summed E-state index contributed by atoms with van der Waals surface area (Å²) in [6.45, 7) is 0.378. The van der Waals surface area contributed by atoms with Gasteiger partial charge in [-0.2, -0.15) is 13.2 Å². The van der Waals surface area contributed by atoms with E-state index >= 15 is 0 Å². The van der Waals surface area contributed by atoms with E-state index in [0.717, 1.165) is 5.56 Å². The summed E-state index contributed by atoms with van der Waals surface area (Å²) < 4.78 is 47.0. The summed E-state index contributed by atoms with van der Waals surface area (Å²) in [6.07, 6.45) is -4.49. The van der Waals surface area contributed by atoms with E-state index in [1.807, 2.05) is 19.1 Å². The van der Waals surface area contributed by atoms with Crippen molar-refractivity contribution in [3.8, 4) is 11.5 Å². The molecule has 0 aliphatic heterocycles. The Labute approximate surface area is 166 Å². The van der Waals surface area contributed by atoms with Crippen LogP contribution < -0.4 is 14.8 Å². The highest BCUT2D eigenvalue weighted by Gasteiger charge is 2.29. The van der Waals surface area contributed by atoms with Crippen molar-refractivity contribution in [2.75, 3.05) is 26.1 Å². The molecule has 28 heavy (non-hydrogen) atoms. The molecule has 2 aromatic rings. The minimum absolute atomic E-state index is 0.119. The van der Waals surface area contributed by atoms with Gasteiger partial charge in [-0.1, -0.05) is 23.7 Å². The number of halogens is 4. The highest BCUT2D eigenvalue weighted by molar-refractivity contribution is 6.30. The van der Waals surface area contributed by atoms with Crippen molar-refractivity contribution in [2.45, 2.75) is 19.1 Å². The number of methoxy groups -OCH3 is 1. The molecular weight excluding hydrogens is 397 g/mol. The van der Waals surface area contributed by atoms with Gasteiger partial charge in [0.2, 0.25) is 0 Å². The highest BCUT2D eigenvalue weighted by Crippen LogP contribution is 2.32. The van der Waals surface area contributed by atoms with E-state index in [9.17, 15) is 18.0 Å². The van der Waals surface area contributed by atoms with Gasteiger partial charge < -0.3 is 19.7 Å². The van der Waals surface area contributed by atoms with E-state index in [0.29, 0.717) is 5.02 Å². The molecule has 0 aliphatic carbocycles. The summed E-state index contributed by atoms with van der Waals surface area (Å²) in [5.74, 6) is 0.0103. The fourth-order valence-corrected chi connectivity index (χ4v) is 2.51. The zero-order valence-corrected chi connectivity index (χ0v) is 16.3. The molecule has 0 aromatic heterocycles. The zero-order valence-electron chi connectivity index (χ0n) is 15.5. The van der Waals surface area contributed by atoms with Crippen LogP contribution in [0.1, 0.15) is 18.5 Å². The molecule has 5 nitrogen and oxygen atoms in total. The third-order valence-electron chi connectivity index (χ3n) is 4.06. The second-order valence-corrected chi connectivity index (χ2v) is 6.47. The lowest BCUT2D eigenvalue weighted by Gasteiger charge is -2.26. The van der Waals surface area contributed by atoms with Gasteiger partial charge in [-0.05, 0) is 36.8 Å². The fourth-order valence-electron chi connectivity index (χ4n) is 2.38. The van der Waals surface area contributed by atoms with Crippen molar-refractivity contribution in [3.63, 3.8) is 0 Å². The molecular formula is C19H20ClF3N2O3. The number of nitrogens with one attached hydrogen (secondary N) is 1. The molecule has 0 spiro atoms. The minimum atomic E-state index is -4.49. The van der Waals surface area contributed by atoms with E-state index in [1.54, 1.807) is 19.2 Å². The van der Waals surface area contributed by atoms with Gasteiger partial charge >= 0.3 is 12.2 Å². The average Bonchev–Trinajstić information content (AvgIpc) is 2.65. The maximum absolute atomic E-state index is 12.5. The number of hydrogen-bond acceptors (Lipinski definition) is 3. The van der Waals surface area contributed by atoms with Gasteiger partial charge in [0.25, 0.3) is 0 Å². The van der Waals surface area contributed by atoms with Crippen molar-refractivity contribution in [3.05, 3.63) is 53.1 Å². The monoisotopic (exact) mass is 416 g/mol. The standard InChI is InChI=1S/C19H20ClF3N2O3/c1-12(13-4-6-14(20)7-5-13)25(2)18(26)24-15-8-9-16(27-3)17(10-15)28-11-19(21,22)23/h4-10,12H,11H2,1-3H3,(H,24,26). The molecule has 152 valence electrons. The Morgan fingerprint density at radius 3 is 2.39 bits per heavy atom. The number of hydrogen-bond donors (Lipinski definition) is 1. The number of anilines is 1. The van der Waals surface area contributed by atoms with Crippen molar-refractivity contribution in [1.82, 2.24) is 4.90 Å². The van der Waals surface area contributed by atoms with Gasteiger partial charge in [-0.15, -0.1) is 0 Å². The highest BCUT2D eigenvalue weighted by atomic mass is 35.5. The summed E-state index contributed by atoms with van der Waals surface area (Å²) in [5, 5.41) is 3.23. The Bertz CT molecular complexity index is 813. The molecule has 2 amide bonds. The summed E-state index contributed by atoms with van der Waals surface area (Å²) in [6, 6.07) is 10.6. The van der Waals surface area contributed by atoms with E-state index < -0.39 is 18.8 Å². The second-order valence-electron chi connectivity index (χ2n) is 6.04. The molecule has 1 N–H and O–H groups in total. The number of ether oxygens (including phenoxy) is 2. The number of carbonyl (C=O) groups excluding carboxylic acids is 1. The first-order valence-corrected chi connectivity index (χ1v) is 8.65. The lowest BCUT2D eigenvalue weighted by molar-refractivity contribution is -0.153. The largest absolute Gasteiger partial charge is 0.493 e. The molecule has 0 fully saturated rings. The minimum Gasteiger partial charge on any atom is -0.493 e. The number of benzene rings is 2. The SMILES string of the molecule is COc1ccc(NC(=O)N(C)C(C)c2ccc(Cl)cc2)cc1OCC(F)(F)F. The smallest absolute Gasteiger partial charge is 0.422 e. The van der Waals surface area contributed by atoms with E-state index in [2.05, 4.69) is 5.32 Å². The lowest BCUT2D eigenvalue weighted by Crippen LogP contribution is -2.33. The maximum Gasteiger partial charge on any atom is 0.422 e. The van der Waals surface area contributed by atoms with Gasteiger partial charge in [0.1, 0.15) is 0 Å². The molecule has 1 atom stereocenters. The summed E-state index contributed by atoms with van der Waals surface area (Å²) in [7, 11) is 2.93. The summed E-state index contributed by atoms with van der Waals surface area (Å²) in [4.78, 5) is 14.0. The predicted molar refractivity (Wildman–Crippen MR) is 101 cm³/mol. The number of amides is 2. The van der Waals surface area contributed by atoms with E-state index in [-0.39, 0.29) is 23.2 Å². The molecule has 9 heteroatoms. The molecule has 0 aliphatic rings. The Morgan fingerprint density at radius 1 is 1.18 bits per heavy atom. The predicted octanol–water partition coefficient (Wildman–Crippen LogP) is 5.51. The normalized spacial score (nSPS) is 12.2. The molecule has 2 rings (SSSR count). The topological polar surface area (TPSA) is 50.8 Å². The van der Waals surface area contributed by atoms with Crippen LogP contribution in [-0.4, -0.2) is 37.9 Å². The van der Waals surface area contributed by atoms with Crippen LogP contribution >= 0.6 is 11.6 Å². The van der Waals surface area contributed by atoms with Crippen molar-refractivity contribution in [1.29, 1.82) is 0 Å². The first kappa shape index (κ1) is 21.7. The zero-order chi connectivity index (χ0) is 20.9. The van der Waals surface area contributed by atoms with Crippen LogP contribution in [0, 0.1) is 0 Å². The first-order valence-electron chi connectivity index (χ1n) is 8.27. The number of nitrogens with zero attached hydrogens (tertiary/aromatic N) is 1. The van der Waals surface area contributed by atoms with Gasteiger partial charge in [-0.3, -0.25) is 0 Å². The molecule has 0 bridgehead atoms. The molecule has 0 saturated carbocycles. The quantitative estimate of drug-likeness (QED) is 0.675. The fraction of sp³-hybridized carbons (Fsp3) is 0.316. The van der Waals surface area contributed by atoms with Crippen LogP contribution in [0.2, 0.25) is 5.02 Å². The van der Waals surface area contributed by atoms with Crippen LogP contribution in [0.15, 0.2) is 42.5 Å². The van der Waals surface area contributed by atoms with E-state index in [4.69, 9.17) is 21.1 Å². The van der Waals surface area contributed by atoms with Gasteiger partial charge in [-0.25, -0.2) is 4.79 Å². The van der Waals surface area contributed by atoms with Gasteiger partial charge in [0.15, 0.2) is 18.1 Å². The molecule has 0 saturated heterocycles. The van der Waals surface area contributed by atoms with Crippen LogP contribution in [0.5, 0.6) is 11.5 Å². The average molecular weight is 417 g/mol. The Balaban J connectivity index is 2.10. The Kier molecular flexibility index (Phi) is 7.01. The van der Waals surface area contributed by atoms with Crippen molar-refractivity contribution >= 4 is 23.3 Å². The lowest BCUT2D eigenvalue weighted by atomic mass is 10.1. The van der Waals surface area contributed by atoms with Crippen molar-refractivity contribution < 1.29 is 27.4 Å². The van der Waals surface area contributed by atoms with Gasteiger partial charge in [0, 0.05) is 23.8 Å². The van der Waals surface area contributed by atoms with Gasteiger partial charge in [0.05, 0.1) is 13.2 Å². The maximum atomic E-state index is 12.5. The number of carbonyl (C=O) groups is 1. The number of urea groups is 1. The molecule has 1 unspecified atom stereocenters. The third-order valence-corrected chi connectivity index (χ3v) is 4.31. The molecule has 0 radical (unpaired) electrons. The van der Waals surface area contributed by atoms with Crippen molar-refractivity contribution in [2.24, 2.45) is 0 Å². The van der Waals surface area contributed by atoms with E-state index in [1.165, 1.54) is 30.2 Å². The number of rotatable bonds is 6. The Hall–Kier alpha value is -2.61. The van der Waals surface area contributed by atoms with Crippen LogP contribution in [-0.2, 0) is 0 Å². The van der Waals surface area contributed by atoms with Crippen LogP contribution in [0.25, 0.3) is 0 Å². The number of alkyl halides is 3. The first-order chi connectivity index (χ1) is 13.1. The van der Waals surface area contributed by atoms with Crippen LogP contribution in [0.4, 0.5) is 23.7 Å². The second kappa shape index (κ2) is 9.05. The van der Waals surface area contributed by atoms with Crippen LogP contribution in [0.3, 0.4) is 0 Å². The molecule has 2 aromatic carbocycles. The third kappa shape index (κ3) is 5.95. The summed E-state index contributed by atoms with van der Waals surface area (Å²) >= 11 is 5.87. The molecule has 0 heterocycles. The summed E-state index contributed by atoms with van der Waals surface area (Å²) in [5.41, 5.74) is 1.16.